The average Bonchev–Trinajstić information content (AvgIpc) is 3.58. The Morgan fingerprint density at radius 2 is 1.79 bits per heavy atom. The van der Waals surface area contributed by atoms with Gasteiger partial charge in [0.2, 0.25) is 0 Å². The van der Waals surface area contributed by atoms with Crippen molar-refractivity contribution >= 4 is 12.0 Å². The molecule has 4 rings (SSSR count). The fourth-order valence-electron chi connectivity index (χ4n) is 4.07. The molecule has 0 saturated heterocycles. The van der Waals surface area contributed by atoms with Gasteiger partial charge in [0.1, 0.15) is 0 Å². The van der Waals surface area contributed by atoms with Crippen molar-refractivity contribution in [3.63, 3.8) is 0 Å². The lowest BCUT2D eigenvalue weighted by Crippen LogP contribution is -2.47. The Balaban J connectivity index is 1.40. The van der Waals surface area contributed by atoms with Crippen molar-refractivity contribution in [1.29, 1.82) is 0 Å². The van der Waals surface area contributed by atoms with E-state index < -0.39 is 5.97 Å². The van der Waals surface area contributed by atoms with Gasteiger partial charge >= 0.3 is 12.0 Å². The first kappa shape index (κ1) is 19.4. The van der Waals surface area contributed by atoms with E-state index >= 15 is 0 Å². The lowest BCUT2D eigenvalue weighted by molar-refractivity contribution is -0.142. The summed E-state index contributed by atoms with van der Waals surface area (Å²) in [7, 11) is 0. The van der Waals surface area contributed by atoms with Gasteiger partial charge in [-0.25, -0.2) is 4.79 Å². The van der Waals surface area contributed by atoms with Gasteiger partial charge in [-0.3, -0.25) is 9.78 Å². The Kier molecular flexibility index (Phi) is 5.79. The number of benzene rings is 1. The number of carbonyl (C=O) groups excluding carboxylic acids is 1. The van der Waals surface area contributed by atoms with Crippen molar-refractivity contribution in [2.75, 3.05) is 0 Å². The van der Waals surface area contributed by atoms with Crippen molar-refractivity contribution in [2.45, 2.75) is 57.2 Å². The van der Waals surface area contributed by atoms with Crippen molar-refractivity contribution in [2.24, 2.45) is 5.92 Å². The number of hydrogen-bond donors (Lipinski definition) is 2. The quantitative estimate of drug-likeness (QED) is 0.775. The van der Waals surface area contributed by atoms with Gasteiger partial charge in [-0.1, -0.05) is 24.3 Å². The summed E-state index contributed by atoms with van der Waals surface area (Å²) in [4.78, 5) is 30.2. The lowest BCUT2D eigenvalue weighted by atomic mass is 9.86. The number of nitrogens with zero attached hydrogens (tertiary/aromatic N) is 2. The molecule has 0 radical (unpaired) electrons. The second-order valence-corrected chi connectivity index (χ2v) is 8.14. The molecule has 29 heavy (non-hydrogen) atoms. The number of rotatable bonds is 6. The van der Waals surface area contributed by atoms with E-state index in [4.69, 9.17) is 5.11 Å². The number of amides is 2. The molecule has 0 aliphatic heterocycles. The number of carboxylic acid groups (broad SMARTS) is 1. The maximum atomic E-state index is 13.0. The van der Waals surface area contributed by atoms with Gasteiger partial charge in [-0.2, -0.15) is 0 Å². The van der Waals surface area contributed by atoms with Crippen LogP contribution in [0.4, 0.5) is 4.79 Å². The molecule has 2 fully saturated rings. The van der Waals surface area contributed by atoms with E-state index in [1.165, 1.54) is 0 Å². The highest BCUT2D eigenvalue weighted by atomic mass is 16.4. The van der Waals surface area contributed by atoms with E-state index in [0.717, 1.165) is 42.4 Å². The van der Waals surface area contributed by atoms with Crippen LogP contribution in [0.1, 0.15) is 44.1 Å². The standard InChI is InChI=1S/C23H27N3O3/c27-22(28)17-6-8-20(9-7-17)25-23(29)26(21-10-11-21)15-16-3-1-4-18(13-16)19-5-2-12-24-14-19/h1-5,12-14,17,20-21H,6-11,15H2,(H,25,29)(H,27,28). The highest BCUT2D eigenvalue weighted by molar-refractivity contribution is 5.75. The highest BCUT2D eigenvalue weighted by Crippen LogP contribution is 2.30. The second kappa shape index (κ2) is 8.64. The topological polar surface area (TPSA) is 82.5 Å². The number of carbonyl (C=O) groups is 2. The fraction of sp³-hybridized carbons (Fsp3) is 0.435. The predicted molar refractivity (Wildman–Crippen MR) is 110 cm³/mol. The predicted octanol–water partition coefficient (Wildman–Crippen LogP) is 4.07. The summed E-state index contributed by atoms with van der Waals surface area (Å²) in [6, 6.07) is 12.6. The molecule has 2 saturated carbocycles. The first-order chi connectivity index (χ1) is 14.1. The summed E-state index contributed by atoms with van der Waals surface area (Å²) in [6.07, 6.45) is 8.43. The van der Waals surface area contributed by atoms with Crippen LogP contribution in [0, 0.1) is 5.92 Å². The summed E-state index contributed by atoms with van der Waals surface area (Å²) in [5, 5.41) is 12.3. The molecule has 0 unspecified atom stereocenters. The maximum Gasteiger partial charge on any atom is 0.318 e. The molecule has 2 aliphatic rings. The normalized spacial score (nSPS) is 21.4. The summed E-state index contributed by atoms with van der Waals surface area (Å²) in [5.74, 6) is -0.985. The molecule has 6 nitrogen and oxygen atoms in total. The Hall–Kier alpha value is -2.89. The SMILES string of the molecule is O=C(O)C1CCC(NC(=O)N(Cc2cccc(-c3cccnc3)c2)C2CC2)CC1. The van der Waals surface area contributed by atoms with Crippen LogP contribution in [0.3, 0.4) is 0 Å². The van der Waals surface area contributed by atoms with E-state index in [0.29, 0.717) is 25.4 Å². The lowest BCUT2D eigenvalue weighted by Gasteiger charge is -2.30. The summed E-state index contributed by atoms with van der Waals surface area (Å²) < 4.78 is 0. The Labute approximate surface area is 171 Å². The van der Waals surface area contributed by atoms with Crippen molar-refractivity contribution < 1.29 is 14.7 Å². The van der Waals surface area contributed by atoms with E-state index in [9.17, 15) is 9.59 Å². The van der Waals surface area contributed by atoms with E-state index in [-0.39, 0.29) is 18.0 Å². The molecule has 152 valence electrons. The Morgan fingerprint density at radius 3 is 2.45 bits per heavy atom. The number of aromatic nitrogens is 1. The maximum absolute atomic E-state index is 13.0. The van der Waals surface area contributed by atoms with Crippen LogP contribution < -0.4 is 5.32 Å². The minimum Gasteiger partial charge on any atom is -0.481 e. The van der Waals surface area contributed by atoms with Crippen LogP contribution in [0.15, 0.2) is 48.8 Å². The smallest absolute Gasteiger partial charge is 0.318 e. The summed E-state index contributed by atoms with van der Waals surface area (Å²) in [5.41, 5.74) is 3.26. The van der Waals surface area contributed by atoms with Crippen LogP contribution in [-0.4, -0.2) is 39.1 Å². The Morgan fingerprint density at radius 1 is 1.03 bits per heavy atom. The molecule has 2 aromatic rings. The number of pyridine rings is 1. The molecule has 2 amide bonds. The van der Waals surface area contributed by atoms with Crippen LogP contribution in [0.5, 0.6) is 0 Å². The van der Waals surface area contributed by atoms with Gasteiger partial charge < -0.3 is 15.3 Å². The molecule has 2 N–H and O–H groups in total. The van der Waals surface area contributed by atoms with Gasteiger partial charge in [0.05, 0.1) is 5.92 Å². The van der Waals surface area contributed by atoms with E-state index in [2.05, 4.69) is 28.5 Å². The van der Waals surface area contributed by atoms with Crippen molar-refractivity contribution in [3.8, 4) is 11.1 Å². The second-order valence-electron chi connectivity index (χ2n) is 8.14. The van der Waals surface area contributed by atoms with Crippen LogP contribution in [0.2, 0.25) is 0 Å². The third-order valence-electron chi connectivity index (χ3n) is 5.93. The third-order valence-corrected chi connectivity index (χ3v) is 5.93. The summed E-state index contributed by atoms with van der Waals surface area (Å²) >= 11 is 0. The molecule has 2 aliphatic carbocycles. The fourth-order valence-corrected chi connectivity index (χ4v) is 4.07. The Bertz CT molecular complexity index is 859. The molecule has 0 bridgehead atoms. The minimum absolute atomic E-state index is 0.0296. The van der Waals surface area contributed by atoms with Gasteiger partial charge in [0.15, 0.2) is 0 Å². The number of aliphatic carboxylic acids is 1. The molecule has 0 spiro atoms. The molecule has 6 heteroatoms. The number of hydrogen-bond acceptors (Lipinski definition) is 3. The number of urea groups is 1. The van der Waals surface area contributed by atoms with Crippen LogP contribution in [-0.2, 0) is 11.3 Å². The zero-order valence-electron chi connectivity index (χ0n) is 16.5. The molecule has 0 atom stereocenters. The van der Waals surface area contributed by atoms with Crippen LogP contribution in [0.25, 0.3) is 11.1 Å². The molecular weight excluding hydrogens is 366 g/mol. The van der Waals surface area contributed by atoms with Gasteiger partial charge in [0.25, 0.3) is 0 Å². The summed E-state index contributed by atoms with van der Waals surface area (Å²) in [6.45, 7) is 0.578. The largest absolute Gasteiger partial charge is 0.481 e. The first-order valence-corrected chi connectivity index (χ1v) is 10.4. The first-order valence-electron chi connectivity index (χ1n) is 10.4. The highest BCUT2D eigenvalue weighted by Gasteiger charge is 2.34. The molecule has 1 heterocycles. The van der Waals surface area contributed by atoms with E-state index in [1.54, 1.807) is 6.20 Å². The zero-order chi connectivity index (χ0) is 20.2. The number of carboxylic acids is 1. The van der Waals surface area contributed by atoms with Crippen molar-refractivity contribution in [3.05, 3.63) is 54.4 Å². The molecule has 1 aromatic heterocycles. The van der Waals surface area contributed by atoms with Gasteiger partial charge in [0, 0.05) is 31.0 Å². The average molecular weight is 393 g/mol. The minimum atomic E-state index is -0.720. The molecule has 1 aromatic carbocycles. The van der Waals surface area contributed by atoms with E-state index in [1.807, 2.05) is 29.3 Å². The van der Waals surface area contributed by atoms with Crippen LogP contribution >= 0.6 is 0 Å². The van der Waals surface area contributed by atoms with Gasteiger partial charge in [-0.05, 0) is 67.3 Å². The van der Waals surface area contributed by atoms with Gasteiger partial charge in [-0.15, -0.1) is 0 Å². The zero-order valence-corrected chi connectivity index (χ0v) is 16.5. The number of nitrogens with one attached hydrogen (secondary N) is 1. The molecular formula is C23H27N3O3. The van der Waals surface area contributed by atoms with Crippen molar-refractivity contribution in [1.82, 2.24) is 15.2 Å². The monoisotopic (exact) mass is 393 g/mol. The third kappa shape index (κ3) is 4.94.